The maximum absolute atomic E-state index is 6.08. The van der Waals surface area contributed by atoms with Crippen LogP contribution in [0, 0.1) is 0 Å². The molecule has 0 atom stereocenters. The lowest BCUT2D eigenvalue weighted by Crippen LogP contribution is -2.01. The van der Waals surface area contributed by atoms with Gasteiger partial charge in [-0.3, -0.25) is 0 Å². The highest BCUT2D eigenvalue weighted by Crippen LogP contribution is 2.56. The Hall–Kier alpha value is -0.220. The van der Waals surface area contributed by atoms with Crippen molar-refractivity contribution < 1.29 is 9.47 Å². The standard InChI is InChI=1S/C12H2Cl6O2/c13-3-1-5-11(9(17)7(3)15)20-12-6(19-5)2-4(14)8(16)10(12)18/h1-2H/i1+1,2+1,3+1,4+1,5+1,6+1,7+1,8+1,9+1,10+1,11+1,12+1. The molecule has 0 N–H and O–H groups in total. The summed E-state index contributed by atoms with van der Waals surface area (Å²) in [6, 6.07) is 2.98. The van der Waals surface area contributed by atoms with Crippen LogP contribution in [0.2, 0.25) is 30.1 Å². The van der Waals surface area contributed by atoms with Crippen molar-refractivity contribution in [1.82, 2.24) is 0 Å². The minimum atomic E-state index is 0.127. The predicted molar refractivity (Wildman–Crippen MR) is 83.1 cm³/mol. The van der Waals surface area contributed by atoms with E-state index in [-0.39, 0.29) is 41.6 Å². The second kappa shape index (κ2) is 5.20. The van der Waals surface area contributed by atoms with Gasteiger partial charge in [0.1, 0.15) is 10.0 Å². The highest BCUT2D eigenvalue weighted by molar-refractivity contribution is 6.50. The van der Waals surface area contributed by atoms with Crippen LogP contribution in [0.4, 0.5) is 0 Å². The maximum atomic E-state index is 6.08. The molecule has 0 bridgehead atoms. The van der Waals surface area contributed by atoms with Crippen molar-refractivity contribution in [3.05, 3.63) is 42.3 Å². The summed E-state index contributed by atoms with van der Waals surface area (Å²) in [6.07, 6.45) is 0. The van der Waals surface area contributed by atoms with Crippen molar-refractivity contribution in [1.29, 1.82) is 0 Å². The third-order valence-corrected chi connectivity index (χ3v) is 5.08. The smallest absolute Gasteiger partial charge is 0.190 e. The predicted octanol–water partition coefficient (Wildman–Crippen LogP) is 7.50. The molecule has 1 aliphatic rings. The van der Waals surface area contributed by atoms with Gasteiger partial charge >= 0.3 is 0 Å². The SMILES string of the molecule is Cl[13c]1[13cH][13c]2[13c]([13c](Cl)[13c]1Cl)O[13c]1[13c]([13cH][13c](Cl)[13c](Cl)[13c]1Cl)O2. The Kier molecular flexibility index (Phi) is 3.83. The van der Waals surface area contributed by atoms with E-state index in [1.165, 1.54) is 12.1 Å². The maximum Gasteiger partial charge on any atom is 0.190 e. The van der Waals surface area contributed by atoms with Crippen LogP contribution >= 0.6 is 69.6 Å². The fourth-order valence-electron chi connectivity index (χ4n) is 1.68. The van der Waals surface area contributed by atoms with Crippen molar-refractivity contribution in [2.24, 2.45) is 0 Å². The van der Waals surface area contributed by atoms with E-state index in [1.54, 1.807) is 0 Å². The molecule has 1 heterocycles. The number of halogens is 6. The van der Waals surface area contributed by atoms with Crippen LogP contribution in [0.25, 0.3) is 0 Å². The first-order chi connectivity index (χ1) is 9.40. The molecule has 2 aromatic carbocycles. The Morgan fingerprint density at radius 3 is 1.35 bits per heavy atom. The van der Waals surface area contributed by atoms with Crippen molar-refractivity contribution in [3.8, 4) is 23.0 Å². The topological polar surface area (TPSA) is 18.5 Å². The van der Waals surface area contributed by atoms with Crippen molar-refractivity contribution in [2.45, 2.75) is 0 Å². The van der Waals surface area contributed by atoms with Crippen molar-refractivity contribution >= 4 is 69.6 Å². The van der Waals surface area contributed by atoms with Crippen LogP contribution in [-0.2, 0) is 0 Å². The summed E-state index contributed by atoms with van der Waals surface area (Å²) in [6.45, 7) is 0. The minimum Gasteiger partial charge on any atom is -0.449 e. The van der Waals surface area contributed by atoms with E-state index in [0.29, 0.717) is 11.5 Å². The van der Waals surface area contributed by atoms with E-state index in [4.69, 9.17) is 79.1 Å². The Labute approximate surface area is 144 Å². The molecule has 0 aliphatic carbocycles. The summed E-state index contributed by atoms with van der Waals surface area (Å²) < 4.78 is 11.3. The van der Waals surface area contributed by atoms with Gasteiger partial charge in [-0.25, -0.2) is 0 Å². The Bertz CT molecular complexity index is 682. The summed E-state index contributed by atoms with van der Waals surface area (Å²) in [7, 11) is 0. The van der Waals surface area contributed by atoms with Gasteiger partial charge in [0.05, 0.1) is 20.1 Å². The summed E-state index contributed by atoms with van der Waals surface area (Å²) >= 11 is 36.0. The molecular formula is C12H2Cl6O2. The van der Waals surface area contributed by atoms with Gasteiger partial charge < -0.3 is 9.47 Å². The molecule has 3 rings (SSSR count). The molecule has 8 heteroatoms. The first-order valence-corrected chi connectivity index (χ1v) is 7.37. The van der Waals surface area contributed by atoms with E-state index in [1.807, 2.05) is 0 Å². The summed E-state index contributed by atoms with van der Waals surface area (Å²) in [5.41, 5.74) is 0. The first kappa shape index (κ1) is 14.7. The van der Waals surface area contributed by atoms with Gasteiger partial charge in [0.2, 0.25) is 0 Å². The third kappa shape index (κ3) is 2.19. The summed E-state index contributed by atoms with van der Waals surface area (Å²) in [5.74, 6) is 1.06. The van der Waals surface area contributed by atoms with Gasteiger partial charge in [-0.05, 0) is 0 Å². The molecule has 0 aromatic heterocycles. The lowest BCUT2D eigenvalue weighted by Gasteiger charge is -2.23. The number of fused-ring (bicyclic) bond motifs is 2. The fourth-order valence-corrected chi connectivity index (χ4v) is 2.91. The van der Waals surface area contributed by atoms with Crippen molar-refractivity contribution in [2.75, 3.05) is 0 Å². The van der Waals surface area contributed by atoms with E-state index in [9.17, 15) is 0 Å². The minimum absolute atomic E-state index is 0.127. The molecule has 0 saturated heterocycles. The molecule has 2 aromatic rings. The quantitative estimate of drug-likeness (QED) is 0.362. The highest BCUT2D eigenvalue weighted by Gasteiger charge is 2.28. The van der Waals surface area contributed by atoms with Gasteiger partial charge in [-0.1, -0.05) is 69.6 Å². The van der Waals surface area contributed by atoms with E-state index in [2.05, 4.69) is 0 Å². The van der Waals surface area contributed by atoms with Crippen LogP contribution < -0.4 is 9.47 Å². The van der Waals surface area contributed by atoms with Gasteiger partial charge in [0, 0.05) is 12.1 Å². The van der Waals surface area contributed by atoms with E-state index in [0.717, 1.165) is 0 Å². The number of rotatable bonds is 0. The molecular weight excluding hydrogens is 401 g/mol. The molecule has 0 saturated carbocycles. The Morgan fingerprint density at radius 1 is 0.550 bits per heavy atom. The largest absolute Gasteiger partial charge is 0.449 e. The monoisotopic (exact) mass is 400 g/mol. The lowest BCUT2D eigenvalue weighted by atomic mass is 11.2. The average molecular weight is 403 g/mol. The molecule has 0 fully saturated rings. The third-order valence-electron chi connectivity index (χ3n) is 2.59. The summed E-state index contributed by atoms with van der Waals surface area (Å²) in [5, 5.41) is 1.07. The number of benzene rings is 2. The summed E-state index contributed by atoms with van der Waals surface area (Å²) in [4.78, 5) is 0. The Balaban J connectivity index is 2.22. The zero-order chi connectivity index (χ0) is 14.6. The molecule has 0 amide bonds. The second-order valence-electron chi connectivity index (χ2n) is 3.83. The van der Waals surface area contributed by atoms with E-state index < -0.39 is 0 Å². The first-order valence-electron chi connectivity index (χ1n) is 5.11. The van der Waals surface area contributed by atoms with Crippen LogP contribution in [0.1, 0.15) is 0 Å². The lowest BCUT2D eigenvalue weighted by molar-refractivity contribution is 0.360. The molecule has 20 heavy (non-hydrogen) atoms. The number of hydrogen-bond donors (Lipinski definition) is 0. The zero-order valence-electron chi connectivity index (χ0n) is 9.24. The van der Waals surface area contributed by atoms with Crippen molar-refractivity contribution in [3.63, 3.8) is 0 Å². The zero-order valence-corrected chi connectivity index (χ0v) is 13.8. The number of ether oxygens (including phenoxy) is 2. The van der Waals surface area contributed by atoms with Gasteiger partial charge in [0.15, 0.2) is 23.0 Å². The van der Waals surface area contributed by atoms with E-state index >= 15 is 0 Å². The van der Waals surface area contributed by atoms with Gasteiger partial charge in [0.25, 0.3) is 0 Å². The molecule has 0 spiro atoms. The molecule has 0 unspecified atom stereocenters. The fraction of sp³-hybridized carbons (Fsp3) is 0. The van der Waals surface area contributed by atoms with Crippen LogP contribution in [0.15, 0.2) is 12.1 Å². The normalized spacial score (nSPS) is 12.3. The molecule has 2 nitrogen and oxygen atoms in total. The highest BCUT2D eigenvalue weighted by atomic mass is 35.5. The Morgan fingerprint density at radius 2 is 0.950 bits per heavy atom. The molecule has 1 aliphatic heterocycles. The van der Waals surface area contributed by atoms with Crippen LogP contribution in [0.3, 0.4) is 0 Å². The van der Waals surface area contributed by atoms with Gasteiger partial charge in [-0.15, -0.1) is 0 Å². The van der Waals surface area contributed by atoms with Crippen LogP contribution in [0.5, 0.6) is 23.0 Å². The second-order valence-corrected chi connectivity index (χ2v) is 6.16. The average Bonchev–Trinajstić information content (AvgIpc) is 2.41. The van der Waals surface area contributed by atoms with Gasteiger partial charge in [-0.2, -0.15) is 0 Å². The number of hydrogen-bond acceptors (Lipinski definition) is 2. The molecule has 104 valence electrons. The van der Waals surface area contributed by atoms with Crippen LogP contribution in [-0.4, -0.2) is 0 Å². The molecule has 0 radical (unpaired) electrons.